The quantitative estimate of drug-likeness (QED) is 0.169. The average molecular weight is 778 g/mol. The Labute approximate surface area is 351 Å². The van der Waals surface area contributed by atoms with E-state index in [9.17, 15) is 0 Å². The van der Waals surface area contributed by atoms with Gasteiger partial charge >= 0.3 is 0 Å². The Morgan fingerprint density at radius 3 is 1.57 bits per heavy atom. The molecule has 0 saturated carbocycles. The number of aromatic nitrogens is 5. The van der Waals surface area contributed by atoms with E-state index in [1.165, 1.54) is 43.6 Å². The molecule has 3 heterocycles. The highest BCUT2D eigenvalue weighted by atomic mass is 15.2. The maximum atomic E-state index is 5.29. The van der Waals surface area contributed by atoms with Crippen LogP contribution in [-0.2, 0) is 0 Å². The first-order valence-corrected chi connectivity index (χ1v) is 20.6. The molecule has 0 fully saturated rings. The van der Waals surface area contributed by atoms with Crippen molar-refractivity contribution in [1.29, 1.82) is 0 Å². The van der Waals surface area contributed by atoms with Gasteiger partial charge in [-0.3, -0.25) is 9.55 Å². The molecule has 0 bridgehead atoms. The molecule has 0 atom stereocenters. The SMILES string of the molecule is c1ccc(-c2cccc3cccc(-c4ccc(-c5nc(-c6ccc(-c7cccc8cccnc78)cc6)nc(-n6c7ccccc7c7c8ccccc8ccc76)n5)cc4)c23)cc1. The summed E-state index contributed by atoms with van der Waals surface area (Å²) in [5.41, 5.74) is 11.7. The Morgan fingerprint density at radius 1 is 0.311 bits per heavy atom. The maximum Gasteiger partial charge on any atom is 0.238 e. The minimum atomic E-state index is 0.564. The van der Waals surface area contributed by atoms with Crippen LogP contribution in [0, 0.1) is 0 Å². The monoisotopic (exact) mass is 777 g/mol. The Bertz CT molecular complexity index is 3620. The molecule has 0 N–H and O–H groups in total. The van der Waals surface area contributed by atoms with Crippen molar-refractivity contribution in [2.24, 2.45) is 0 Å². The molecule has 61 heavy (non-hydrogen) atoms. The number of hydrogen-bond donors (Lipinski definition) is 0. The topological polar surface area (TPSA) is 56.5 Å². The molecule has 0 unspecified atom stereocenters. The summed E-state index contributed by atoms with van der Waals surface area (Å²) >= 11 is 0. The van der Waals surface area contributed by atoms with Crippen LogP contribution in [0.25, 0.3) is 116 Å². The lowest BCUT2D eigenvalue weighted by Gasteiger charge is -2.14. The van der Waals surface area contributed by atoms with Crippen molar-refractivity contribution < 1.29 is 0 Å². The van der Waals surface area contributed by atoms with Crippen LogP contribution in [-0.4, -0.2) is 24.5 Å². The van der Waals surface area contributed by atoms with Crippen LogP contribution in [0.5, 0.6) is 0 Å². The fraction of sp³-hybridized carbons (Fsp3) is 0. The summed E-state index contributed by atoms with van der Waals surface area (Å²) in [4.78, 5) is 20.5. The summed E-state index contributed by atoms with van der Waals surface area (Å²) in [7, 11) is 0. The third-order valence-electron chi connectivity index (χ3n) is 11.9. The molecular formula is C56H35N5. The van der Waals surface area contributed by atoms with Gasteiger partial charge in [-0.1, -0.05) is 188 Å². The number of fused-ring (bicyclic) bond motifs is 7. The molecule has 0 aliphatic heterocycles. The van der Waals surface area contributed by atoms with Crippen LogP contribution < -0.4 is 0 Å². The van der Waals surface area contributed by atoms with E-state index in [0.717, 1.165) is 55.1 Å². The Balaban J connectivity index is 1.03. The van der Waals surface area contributed by atoms with Crippen LogP contribution in [0.1, 0.15) is 0 Å². The van der Waals surface area contributed by atoms with E-state index in [1.807, 2.05) is 12.3 Å². The van der Waals surface area contributed by atoms with Gasteiger partial charge in [0.25, 0.3) is 0 Å². The lowest BCUT2D eigenvalue weighted by atomic mass is 9.91. The van der Waals surface area contributed by atoms with Crippen molar-refractivity contribution in [2.45, 2.75) is 0 Å². The van der Waals surface area contributed by atoms with Crippen molar-refractivity contribution in [3.8, 4) is 62.1 Å². The molecule has 9 aromatic carbocycles. The first-order valence-electron chi connectivity index (χ1n) is 20.6. The van der Waals surface area contributed by atoms with Gasteiger partial charge in [0.05, 0.1) is 16.6 Å². The van der Waals surface area contributed by atoms with E-state index in [2.05, 4.69) is 205 Å². The number of pyridine rings is 1. The molecule has 284 valence electrons. The Kier molecular flexibility index (Phi) is 8.10. The van der Waals surface area contributed by atoms with Gasteiger partial charge in [-0.25, -0.2) is 4.98 Å². The zero-order chi connectivity index (χ0) is 40.3. The third kappa shape index (κ3) is 5.86. The second-order valence-electron chi connectivity index (χ2n) is 15.4. The highest BCUT2D eigenvalue weighted by Crippen LogP contribution is 2.39. The second-order valence-corrected chi connectivity index (χ2v) is 15.4. The second kappa shape index (κ2) is 14.2. The molecule has 3 aromatic heterocycles. The molecule has 12 rings (SSSR count). The lowest BCUT2D eigenvalue weighted by molar-refractivity contribution is 0.953. The largest absolute Gasteiger partial charge is 0.278 e. The van der Waals surface area contributed by atoms with Gasteiger partial charge in [0.15, 0.2) is 11.6 Å². The maximum absolute atomic E-state index is 5.29. The zero-order valence-corrected chi connectivity index (χ0v) is 32.9. The smallest absolute Gasteiger partial charge is 0.238 e. The average Bonchev–Trinajstić information content (AvgIpc) is 3.69. The summed E-state index contributed by atoms with van der Waals surface area (Å²) < 4.78 is 2.19. The van der Waals surface area contributed by atoms with Crippen LogP contribution in [0.3, 0.4) is 0 Å². The van der Waals surface area contributed by atoms with Crippen molar-refractivity contribution >= 4 is 54.3 Å². The van der Waals surface area contributed by atoms with Gasteiger partial charge in [-0.15, -0.1) is 0 Å². The minimum absolute atomic E-state index is 0.564. The van der Waals surface area contributed by atoms with Gasteiger partial charge in [-0.2, -0.15) is 9.97 Å². The zero-order valence-electron chi connectivity index (χ0n) is 32.9. The van der Waals surface area contributed by atoms with Crippen molar-refractivity contribution in [2.75, 3.05) is 0 Å². The molecule has 0 aliphatic carbocycles. The van der Waals surface area contributed by atoms with Crippen LogP contribution in [0.15, 0.2) is 212 Å². The summed E-state index contributed by atoms with van der Waals surface area (Å²) in [5.74, 6) is 1.76. The molecule has 0 saturated heterocycles. The van der Waals surface area contributed by atoms with E-state index in [1.54, 1.807) is 0 Å². The summed E-state index contributed by atoms with van der Waals surface area (Å²) in [6, 6.07) is 72.7. The lowest BCUT2D eigenvalue weighted by Crippen LogP contribution is -2.06. The number of para-hydroxylation sites is 2. The van der Waals surface area contributed by atoms with Crippen LogP contribution >= 0.6 is 0 Å². The highest BCUT2D eigenvalue weighted by molar-refractivity contribution is 6.21. The van der Waals surface area contributed by atoms with E-state index in [4.69, 9.17) is 19.9 Å². The molecule has 5 heteroatoms. The minimum Gasteiger partial charge on any atom is -0.278 e. The van der Waals surface area contributed by atoms with E-state index < -0.39 is 0 Å². The first kappa shape index (κ1) is 34.7. The molecule has 0 radical (unpaired) electrons. The number of hydrogen-bond acceptors (Lipinski definition) is 4. The molecule has 12 aromatic rings. The fourth-order valence-corrected chi connectivity index (χ4v) is 9.05. The van der Waals surface area contributed by atoms with Crippen molar-refractivity contribution in [3.05, 3.63) is 212 Å². The molecule has 0 amide bonds. The van der Waals surface area contributed by atoms with Gasteiger partial charge in [0.1, 0.15) is 0 Å². The summed E-state index contributed by atoms with van der Waals surface area (Å²) in [5, 5.41) is 8.27. The van der Waals surface area contributed by atoms with Gasteiger partial charge < -0.3 is 0 Å². The molecule has 0 aliphatic rings. The normalized spacial score (nSPS) is 11.6. The molecule has 0 spiro atoms. The standard InChI is InChI=1S/C56H35N5/c1-2-12-36(13-3-1)44-21-8-15-40-16-9-22-45(51(40)44)38-25-29-42(30-26-38)54-58-55(43-31-27-39(28-32-43)47-23-10-17-41-18-11-35-57-53(41)47)60-56(59-54)61-49-24-7-6-20-48(49)52-46-19-5-4-14-37(46)33-34-50(52)61/h1-35H. The highest BCUT2D eigenvalue weighted by Gasteiger charge is 2.20. The van der Waals surface area contributed by atoms with Gasteiger partial charge in [0.2, 0.25) is 5.95 Å². The number of benzene rings is 9. The predicted molar refractivity (Wildman–Crippen MR) is 252 cm³/mol. The van der Waals surface area contributed by atoms with Crippen LogP contribution in [0.4, 0.5) is 0 Å². The predicted octanol–water partition coefficient (Wildman–Crippen LogP) is 14.2. The van der Waals surface area contributed by atoms with Gasteiger partial charge in [0, 0.05) is 39.0 Å². The Morgan fingerprint density at radius 2 is 0.852 bits per heavy atom. The Hall–Kier alpha value is -8.28. The van der Waals surface area contributed by atoms with E-state index in [-0.39, 0.29) is 0 Å². The van der Waals surface area contributed by atoms with E-state index >= 15 is 0 Å². The summed E-state index contributed by atoms with van der Waals surface area (Å²) in [6.07, 6.45) is 1.85. The molecule has 5 nitrogen and oxygen atoms in total. The third-order valence-corrected chi connectivity index (χ3v) is 11.9. The van der Waals surface area contributed by atoms with Gasteiger partial charge in [-0.05, 0) is 67.6 Å². The van der Waals surface area contributed by atoms with Crippen molar-refractivity contribution in [3.63, 3.8) is 0 Å². The first-order chi connectivity index (χ1) is 30.2. The fourth-order valence-electron chi connectivity index (χ4n) is 9.05. The van der Waals surface area contributed by atoms with E-state index in [0.29, 0.717) is 17.6 Å². The molecular weight excluding hydrogens is 743 g/mol. The number of rotatable bonds is 6. The number of nitrogens with zero attached hydrogens (tertiary/aromatic N) is 5. The van der Waals surface area contributed by atoms with Crippen LogP contribution in [0.2, 0.25) is 0 Å². The summed E-state index contributed by atoms with van der Waals surface area (Å²) in [6.45, 7) is 0. The van der Waals surface area contributed by atoms with Crippen molar-refractivity contribution in [1.82, 2.24) is 24.5 Å².